The summed E-state index contributed by atoms with van der Waals surface area (Å²) >= 11 is 0. The van der Waals surface area contributed by atoms with Gasteiger partial charge in [-0.2, -0.15) is 0 Å². The van der Waals surface area contributed by atoms with Gasteiger partial charge in [-0.05, 0) is 6.92 Å². The maximum Gasteiger partial charge on any atom is 0.224 e. The lowest BCUT2D eigenvalue weighted by Crippen LogP contribution is -2.64. The van der Waals surface area contributed by atoms with Crippen LogP contribution in [-0.4, -0.2) is 58.6 Å². The molecule has 6 nitrogen and oxygen atoms in total. The van der Waals surface area contributed by atoms with Crippen LogP contribution in [0.4, 0.5) is 0 Å². The summed E-state index contributed by atoms with van der Waals surface area (Å²) in [7, 11) is 1.34. The predicted molar refractivity (Wildman–Crippen MR) is 69.8 cm³/mol. The molecule has 0 aliphatic carbocycles. The molecule has 0 aromatic heterocycles. The average molecular weight is 284 g/mol. The Morgan fingerprint density at radius 3 is 2.50 bits per heavy atom. The molecule has 0 unspecified atom stereocenters. The lowest BCUT2D eigenvalue weighted by atomic mass is 9.87. The molecule has 0 radical (unpaired) electrons. The number of aliphatic hydroxyl groups is 4. The van der Waals surface area contributed by atoms with E-state index in [0.717, 1.165) is 5.56 Å². The Hall–Kier alpha value is -1.02. The number of hydrogen-bond donors (Lipinski definition) is 4. The molecule has 0 saturated carbocycles. The highest BCUT2D eigenvalue weighted by atomic mass is 16.7. The highest BCUT2D eigenvalue weighted by Crippen LogP contribution is 2.39. The Balaban J connectivity index is 2.47. The van der Waals surface area contributed by atoms with Gasteiger partial charge in [0.1, 0.15) is 24.4 Å². The number of rotatable bonds is 3. The first-order valence-electron chi connectivity index (χ1n) is 6.41. The van der Waals surface area contributed by atoms with Crippen molar-refractivity contribution < 1.29 is 29.9 Å². The maximum absolute atomic E-state index is 10.3. The van der Waals surface area contributed by atoms with E-state index in [0.29, 0.717) is 5.56 Å². The van der Waals surface area contributed by atoms with Crippen LogP contribution in [0.25, 0.3) is 0 Å². The molecule has 6 heteroatoms. The monoisotopic (exact) mass is 284 g/mol. The predicted octanol–water partition coefficient (Wildman–Crippen LogP) is -0.732. The summed E-state index contributed by atoms with van der Waals surface area (Å²) in [6.07, 6.45) is -5.40. The number of aliphatic hydroxyl groups excluding tert-OH is 4. The Morgan fingerprint density at radius 2 is 1.95 bits per heavy atom. The Bertz CT molecular complexity index is 463. The van der Waals surface area contributed by atoms with Gasteiger partial charge in [0.05, 0.1) is 6.61 Å². The average Bonchev–Trinajstić information content (AvgIpc) is 2.46. The first kappa shape index (κ1) is 15.4. The van der Waals surface area contributed by atoms with Crippen molar-refractivity contribution in [2.75, 3.05) is 13.7 Å². The van der Waals surface area contributed by atoms with Crippen molar-refractivity contribution in [3.8, 4) is 0 Å². The lowest BCUT2D eigenvalue weighted by Gasteiger charge is -2.47. The van der Waals surface area contributed by atoms with Gasteiger partial charge in [-0.1, -0.05) is 29.8 Å². The molecular weight excluding hydrogens is 264 g/mol. The fourth-order valence-corrected chi connectivity index (χ4v) is 2.53. The standard InChI is InChI=1S/C14H20O6/c1-8-4-3-5-9(6-8)14(19-2)13(18)12(17)11(16)10(7-15)20-14/h3-6,10-13,15-18H,7H2,1-2H3/t10-,11-,12+,13-,14+/m1/s1. The van der Waals surface area contributed by atoms with Crippen LogP contribution in [0.3, 0.4) is 0 Å². The number of ether oxygens (including phenoxy) is 2. The zero-order chi connectivity index (χ0) is 14.9. The van der Waals surface area contributed by atoms with Crippen molar-refractivity contribution >= 4 is 0 Å². The van der Waals surface area contributed by atoms with E-state index in [9.17, 15) is 20.4 Å². The number of hydrogen-bond acceptors (Lipinski definition) is 6. The highest BCUT2D eigenvalue weighted by molar-refractivity contribution is 5.28. The number of aryl methyl sites for hydroxylation is 1. The van der Waals surface area contributed by atoms with E-state index >= 15 is 0 Å². The van der Waals surface area contributed by atoms with Gasteiger partial charge in [0.25, 0.3) is 0 Å². The Kier molecular flexibility index (Phi) is 4.43. The minimum Gasteiger partial charge on any atom is -0.394 e. The summed E-state index contributed by atoms with van der Waals surface area (Å²) in [6.45, 7) is 1.37. The molecule has 112 valence electrons. The molecule has 1 aliphatic rings. The molecule has 0 amide bonds. The van der Waals surface area contributed by atoms with Crippen LogP contribution in [0.5, 0.6) is 0 Å². The summed E-state index contributed by atoms with van der Waals surface area (Å²) in [5.74, 6) is -1.63. The normalized spacial score (nSPS) is 37.9. The van der Waals surface area contributed by atoms with Crippen molar-refractivity contribution in [2.24, 2.45) is 0 Å². The summed E-state index contributed by atoms with van der Waals surface area (Å²) in [4.78, 5) is 0. The Morgan fingerprint density at radius 1 is 1.25 bits per heavy atom. The quantitative estimate of drug-likeness (QED) is 0.584. The molecule has 4 N–H and O–H groups in total. The van der Waals surface area contributed by atoms with E-state index in [1.807, 2.05) is 13.0 Å². The summed E-state index contributed by atoms with van der Waals surface area (Å²) < 4.78 is 10.9. The second-order valence-corrected chi connectivity index (χ2v) is 5.01. The van der Waals surface area contributed by atoms with Gasteiger partial charge in [0.2, 0.25) is 5.79 Å². The fourth-order valence-electron chi connectivity index (χ4n) is 2.53. The van der Waals surface area contributed by atoms with Gasteiger partial charge in [0, 0.05) is 12.7 Å². The lowest BCUT2D eigenvalue weighted by molar-refractivity contribution is -0.366. The third-order valence-corrected chi connectivity index (χ3v) is 3.67. The van der Waals surface area contributed by atoms with Gasteiger partial charge in [-0.15, -0.1) is 0 Å². The van der Waals surface area contributed by atoms with E-state index in [1.165, 1.54) is 7.11 Å². The van der Waals surface area contributed by atoms with Crippen LogP contribution in [0.2, 0.25) is 0 Å². The van der Waals surface area contributed by atoms with E-state index in [2.05, 4.69) is 0 Å². The summed E-state index contributed by atoms with van der Waals surface area (Å²) in [6, 6.07) is 7.09. The van der Waals surface area contributed by atoms with E-state index in [-0.39, 0.29) is 0 Å². The van der Waals surface area contributed by atoms with Crippen molar-refractivity contribution in [3.05, 3.63) is 35.4 Å². The molecule has 1 fully saturated rings. The number of methoxy groups -OCH3 is 1. The molecule has 1 heterocycles. The van der Waals surface area contributed by atoms with Gasteiger partial charge >= 0.3 is 0 Å². The van der Waals surface area contributed by atoms with Gasteiger partial charge in [-0.25, -0.2) is 0 Å². The smallest absolute Gasteiger partial charge is 0.224 e. The maximum atomic E-state index is 10.3. The molecule has 1 aromatic carbocycles. The van der Waals surface area contributed by atoms with Gasteiger partial charge < -0.3 is 29.9 Å². The summed E-state index contributed by atoms with van der Waals surface area (Å²) in [5.41, 5.74) is 1.44. The highest BCUT2D eigenvalue weighted by Gasteiger charge is 2.55. The molecule has 2 rings (SSSR count). The minimum atomic E-state index is -1.63. The van der Waals surface area contributed by atoms with Gasteiger partial charge in [-0.3, -0.25) is 0 Å². The first-order valence-corrected chi connectivity index (χ1v) is 6.41. The molecule has 0 spiro atoms. The first-order chi connectivity index (χ1) is 9.46. The fraction of sp³-hybridized carbons (Fsp3) is 0.571. The summed E-state index contributed by atoms with van der Waals surface area (Å²) in [5, 5.41) is 39.3. The molecule has 1 aliphatic heterocycles. The number of benzene rings is 1. The van der Waals surface area contributed by atoms with Crippen LogP contribution < -0.4 is 0 Å². The third kappa shape index (κ3) is 2.35. The van der Waals surface area contributed by atoms with Crippen LogP contribution in [0.15, 0.2) is 24.3 Å². The van der Waals surface area contributed by atoms with Crippen LogP contribution >= 0.6 is 0 Å². The van der Waals surface area contributed by atoms with Crippen LogP contribution in [-0.2, 0) is 15.3 Å². The van der Waals surface area contributed by atoms with E-state index < -0.39 is 36.8 Å². The van der Waals surface area contributed by atoms with E-state index in [1.54, 1.807) is 18.2 Å². The second kappa shape index (κ2) is 5.77. The zero-order valence-electron chi connectivity index (χ0n) is 11.4. The minimum absolute atomic E-state index is 0.498. The molecule has 5 atom stereocenters. The zero-order valence-corrected chi connectivity index (χ0v) is 11.4. The molecule has 1 saturated heterocycles. The third-order valence-electron chi connectivity index (χ3n) is 3.67. The second-order valence-electron chi connectivity index (χ2n) is 5.01. The molecular formula is C14H20O6. The van der Waals surface area contributed by atoms with Gasteiger partial charge in [0.15, 0.2) is 0 Å². The van der Waals surface area contributed by atoms with Crippen molar-refractivity contribution in [1.29, 1.82) is 0 Å². The van der Waals surface area contributed by atoms with Crippen LogP contribution in [0.1, 0.15) is 11.1 Å². The SMILES string of the molecule is CO[C@@]1(c2cccc(C)c2)O[C@H](CO)[C@@H](O)[C@H](O)[C@H]1O. The van der Waals surface area contributed by atoms with Crippen molar-refractivity contribution in [1.82, 2.24) is 0 Å². The van der Waals surface area contributed by atoms with E-state index in [4.69, 9.17) is 9.47 Å². The topological polar surface area (TPSA) is 99.4 Å². The van der Waals surface area contributed by atoms with Crippen LogP contribution in [0, 0.1) is 6.92 Å². The molecule has 0 bridgehead atoms. The molecule has 20 heavy (non-hydrogen) atoms. The van der Waals surface area contributed by atoms with Crippen molar-refractivity contribution in [3.63, 3.8) is 0 Å². The Labute approximate surface area is 117 Å². The van der Waals surface area contributed by atoms with Crippen molar-refractivity contribution in [2.45, 2.75) is 37.1 Å². The molecule has 1 aromatic rings. The largest absolute Gasteiger partial charge is 0.394 e.